The van der Waals surface area contributed by atoms with Crippen molar-refractivity contribution in [3.8, 4) is 17.4 Å². The summed E-state index contributed by atoms with van der Waals surface area (Å²) in [6, 6.07) is 13.2. The molecule has 0 aliphatic rings. The average Bonchev–Trinajstić information content (AvgIpc) is 2.46. The van der Waals surface area contributed by atoms with Crippen LogP contribution in [-0.4, -0.2) is 18.1 Å². The van der Waals surface area contributed by atoms with Gasteiger partial charge >= 0.3 is 0 Å². The second kappa shape index (κ2) is 7.38. The number of anilines is 1. The number of ether oxygens (including phenoxy) is 2. The van der Waals surface area contributed by atoms with Crippen LogP contribution in [-0.2, 0) is 0 Å². The van der Waals surface area contributed by atoms with Crippen LogP contribution in [0.5, 0.6) is 17.4 Å². The number of benzene rings is 1. The van der Waals surface area contributed by atoms with Crippen LogP contribution in [0.1, 0.15) is 20.3 Å². The van der Waals surface area contributed by atoms with E-state index in [-0.39, 0.29) is 0 Å². The summed E-state index contributed by atoms with van der Waals surface area (Å²) in [5, 5.41) is 3.24. The van der Waals surface area contributed by atoms with Crippen molar-refractivity contribution in [1.82, 2.24) is 4.98 Å². The smallest absolute Gasteiger partial charge is 0.221 e. The number of pyridine rings is 1. The molecule has 0 bridgehead atoms. The van der Waals surface area contributed by atoms with Crippen molar-refractivity contribution in [3.05, 3.63) is 42.5 Å². The first-order valence-electron chi connectivity index (χ1n) is 6.93. The second-order valence-corrected chi connectivity index (χ2v) is 4.30. The van der Waals surface area contributed by atoms with Crippen LogP contribution in [0.4, 0.5) is 5.82 Å². The molecule has 0 spiro atoms. The van der Waals surface area contributed by atoms with E-state index in [0.717, 1.165) is 30.3 Å². The van der Waals surface area contributed by atoms with Crippen molar-refractivity contribution in [3.63, 3.8) is 0 Å². The Bertz CT molecular complexity index is 544. The van der Waals surface area contributed by atoms with Crippen molar-refractivity contribution in [2.75, 3.05) is 18.5 Å². The zero-order valence-corrected chi connectivity index (χ0v) is 11.9. The van der Waals surface area contributed by atoms with E-state index in [0.29, 0.717) is 12.5 Å². The van der Waals surface area contributed by atoms with Gasteiger partial charge in [0.2, 0.25) is 5.88 Å². The number of aromatic nitrogens is 1. The monoisotopic (exact) mass is 272 g/mol. The molecular weight excluding hydrogens is 252 g/mol. The van der Waals surface area contributed by atoms with E-state index >= 15 is 0 Å². The highest BCUT2D eigenvalue weighted by molar-refractivity contribution is 5.39. The Kier molecular flexibility index (Phi) is 5.24. The minimum atomic E-state index is 0.569. The van der Waals surface area contributed by atoms with E-state index in [1.54, 1.807) is 0 Å². The highest BCUT2D eigenvalue weighted by Crippen LogP contribution is 2.24. The molecule has 1 aromatic carbocycles. The molecular formula is C16H20N2O2. The number of nitrogens with one attached hydrogen (secondary N) is 1. The second-order valence-electron chi connectivity index (χ2n) is 4.30. The van der Waals surface area contributed by atoms with Gasteiger partial charge in [-0.3, -0.25) is 0 Å². The van der Waals surface area contributed by atoms with E-state index in [9.17, 15) is 0 Å². The van der Waals surface area contributed by atoms with Crippen molar-refractivity contribution in [2.45, 2.75) is 20.3 Å². The third kappa shape index (κ3) is 4.16. The van der Waals surface area contributed by atoms with Crippen molar-refractivity contribution in [1.29, 1.82) is 0 Å². The summed E-state index contributed by atoms with van der Waals surface area (Å²) in [4.78, 5) is 4.41. The van der Waals surface area contributed by atoms with Crippen LogP contribution in [0.25, 0.3) is 0 Å². The minimum Gasteiger partial charge on any atom is -0.494 e. The number of nitrogens with zero attached hydrogens (tertiary/aromatic N) is 1. The molecule has 4 heteroatoms. The van der Waals surface area contributed by atoms with Gasteiger partial charge in [0.25, 0.3) is 0 Å². The zero-order valence-electron chi connectivity index (χ0n) is 11.9. The predicted molar refractivity (Wildman–Crippen MR) is 80.7 cm³/mol. The molecule has 106 valence electrons. The average molecular weight is 272 g/mol. The Morgan fingerprint density at radius 1 is 1.05 bits per heavy atom. The van der Waals surface area contributed by atoms with Gasteiger partial charge in [-0.1, -0.05) is 19.1 Å². The van der Waals surface area contributed by atoms with Gasteiger partial charge in [-0.15, -0.1) is 0 Å². The van der Waals surface area contributed by atoms with Crippen LogP contribution in [0.2, 0.25) is 0 Å². The van der Waals surface area contributed by atoms with Crippen LogP contribution in [0.15, 0.2) is 42.5 Å². The molecule has 1 aromatic heterocycles. The van der Waals surface area contributed by atoms with Gasteiger partial charge in [0, 0.05) is 18.7 Å². The third-order valence-electron chi connectivity index (χ3n) is 2.62. The first kappa shape index (κ1) is 14.2. The molecule has 0 saturated carbocycles. The Labute approximate surface area is 119 Å². The molecule has 1 heterocycles. The molecule has 0 saturated heterocycles. The molecule has 1 N–H and O–H groups in total. The SMILES string of the molecule is CCCNc1cccc(Oc2cccc(OCC)c2)n1. The van der Waals surface area contributed by atoms with Crippen molar-refractivity contribution >= 4 is 5.82 Å². The molecule has 2 rings (SSSR count). The fourth-order valence-corrected chi connectivity index (χ4v) is 1.74. The van der Waals surface area contributed by atoms with E-state index < -0.39 is 0 Å². The van der Waals surface area contributed by atoms with E-state index in [2.05, 4.69) is 17.2 Å². The van der Waals surface area contributed by atoms with Gasteiger partial charge < -0.3 is 14.8 Å². The van der Waals surface area contributed by atoms with Crippen LogP contribution in [0.3, 0.4) is 0 Å². The lowest BCUT2D eigenvalue weighted by molar-refractivity contribution is 0.338. The highest BCUT2D eigenvalue weighted by atomic mass is 16.5. The number of hydrogen-bond donors (Lipinski definition) is 1. The summed E-state index contributed by atoms with van der Waals surface area (Å²) in [5.41, 5.74) is 0. The van der Waals surface area contributed by atoms with Gasteiger partial charge in [-0.05, 0) is 31.5 Å². The Morgan fingerprint density at radius 3 is 2.65 bits per heavy atom. The molecule has 2 aromatic rings. The third-order valence-corrected chi connectivity index (χ3v) is 2.62. The molecule has 4 nitrogen and oxygen atoms in total. The molecule has 0 aliphatic heterocycles. The summed E-state index contributed by atoms with van der Waals surface area (Å²) in [6.45, 7) is 5.61. The van der Waals surface area contributed by atoms with Gasteiger partial charge in [0.05, 0.1) is 6.61 Å². The van der Waals surface area contributed by atoms with Gasteiger partial charge in [0.15, 0.2) is 0 Å². The summed E-state index contributed by atoms with van der Waals surface area (Å²) in [6.07, 6.45) is 1.06. The summed E-state index contributed by atoms with van der Waals surface area (Å²) < 4.78 is 11.2. The fourth-order valence-electron chi connectivity index (χ4n) is 1.74. The first-order valence-corrected chi connectivity index (χ1v) is 6.93. The molecule has 20 heavy (non-hydrogen) atoms. The van der Waals surface area contributed by atoms with Gasteiger partial charge in [0.1, 0.15) is 17.3 Å². The van der Waals surface area contributed by atoms with E-state index in [4.69, 9.17) is 9.47 Å². The molecule has 0 radical (unpaired) electrons. The topological polar surface area (TPSA) is 43.4 Å². The highest BCUT2D eigenvalue weighted by Gasteiger charge is 2.02. The summed E-state index contributed by atoms with van der Waals surface area (Å²) >= 11 is 0. The molecule has 0 unspecified atom stereocenters. The minimum absolute atomic E-state index is 0.569. The number of hydrogen-bond acceptors (Lipinski definition) is 4. The molecule has 0 amide bonds. The first-order chi connectivity index (χ1) is 9.81. The standard InChI is InChI=1S/C16H20N2O2/c1-3-11-17-15-9-6-10-16(18-15)20-14-8-5-7-13(12-14)19-4-2/h5-10,12H,3-4,11H2,1-2H3,(H,17,18). The molecule has 0 aliphatic carbocycles. The maximum atomic E-state index is 5.75. The van der Waals surface area contributed by atoms with Crippen LogP contribution < -0.4 is 14.8 Å². The Hall–Kier alpha value is -2.23. The van der Waals surface area contributed by atoms with Crippen LogP contribution in [0, 0.1) is 0 Å². The number of rotatable bonds is 7. The lowest BCUT2D eigenvalue weighted by Crippen LogP contribution is -2.02. The fraction of sp³-hybridized carbons (Fsp3) is 0.312. The zero-order chi connectivity index (χ0) is 14.2. The van der Waals surface area contributed by atoms with Crippen molar-refractivity contribution in [2.24, 2.45) is 0 Å². The maximum absolute atomic E-state index is 5.75. The quantitative estimate of drug-likeness (QED) is 0.824. The van der Waals surface area contributed by atoms with Crippen molar-refractivity contribution < 1.29 is 9.47 Å². The lowest BCUT2D eigenvalue weighted by atomic mass is 10.3. The normalized spacial score (nSPS) is 10.1. The van der Waals surface area contributed by atoms with Gasteiger partial charge in [-0.2, -0.15) is 4.98 Å². The summed E-state index contributed by atoms with van der Waals surface area (Å²) in [7, 11) is 0. The summed E-state index contributed by atoms with van der Waals surface area (Å²) in [5.74, 6) is 2.91. The largest absolute Gasteiger partial charge is 0.494 e. The predicted octanol–water partition coefficient (Wildman–Crippen LogP) is 4.09. The molecule has 0 atom stereocenters. The van der Waals surface area contributed by atoms with Crippen LogP contribution >= 0.6 is 0 Å². The Morgan fingerprint density at radius 2 is 1.85 bits per heavy atom. The lowest BCUT2D eigenvalue weighted by Gasteiger charge is -2.09. The Balaban J connectivity index is 2.07. The van der Waals surface area contributed by atoms with E-state index in [1.807, 2.05) is 49.4 Å². The van der Waals surface area contributed by atoms with Gasteiger partial charge in [-0.25, -0.2) is 0 Å². The molecule has 0 fully saturated rings. The van der Waals surface area contributed by atoms with E-state index in [1.165, 1.54) is 0 Å². The maximum Gasteiger partial charge on any atom is 0.221 e.